The second kappa shape index (κ2) is 4.06. The van der Waals surface area contributed by atoms with Gasteiger partial charge < -0.3 is 4.98 Å². The minimum absolute atomic E-state index is 0.536. The van der Waals surface area contributed by atoms with Crippen LogP contribution in [0.2, 0.25) is 0 Å². The van der Waals surface area contributed by atoms with Crippen molar-refractivity contribution in [3.05, 3.63) is 24.2 Å². The molecule has 3 aliphatic rings. The van der Waals surface area contributed by atoms with Crippen LogP contribution in [0.3, 0.4) is 0 Å². The van der Waals surface area contributed by atoms with Crippen molar-refractivity contribution in [1.82, 2.24) is 15.0 Å². The SMILES string of the molecule is CC12CCCC(c3cnc4[nH]ccc4n3)CC(C)(C1)C2. The van der Waals surface area contributed by atoms with Crippen LogP contribution in [0.25, 0.3) is 11.2 Å². The van der Waals surface area contributed by atoms with Gasteiger partial charge in [-0.2, -0.15) is 0 Å². The Morgan fingerprint density at radius 2 is 2.10 bits per heavy atom. The average Bonchev–Trinajstić information content (AvgIpc) is 2.80. The summed E-state index contributed by atoms with van der Waals surface area (Å²) in [4.78, 5) is 12.5. The van der Waals surface area contributed by atoms with E-state index in [1.165, 1.54) is 44.2 Å². The molecule has 0 spiro atoms. The van der Waals surface area contributed by atoms with Crippen LogP contribution in [0, 0.1) is 10.8 Å². The molecule has 20 heavy (non-hydrogen) atoms. The summed E-state index contributed by atoms with van der Waals surface area (Å²) in [6, 6.07) is 2.02. The molecule has 3 aliphatic carbocycles. The Kier molecular flexibility index (Phi) is 2.51. The van der Waals surface area contributed by atoms with Crippen LogP contribution in [0.5, 0.6) is 0 Å². The molecule has 2 heterocycles. The van der Waals surface area contributed by atoms with Crippen molar-refractivity contribution in [3.63, 3.8) is 0 Å². The molecule has 1 atom stereocenters. The Balaban J connectivity index is 1.63. The van der Waals surface area contributed by atoms with E-state index in [-0.39, 0.29) is 0 Å². The van der Waals surface area contributed by atoms with Gasteiger partial charge in [-0.15, -0.1) is 0 Å². The zero-order valence-electron chi connectivity index (χ0n) is 12.4. The highest BCUT2D eigenvalue weighted by Crippen LogP contribution is 2.62. The van der Waals surface area contributed by atoms with Gasteiger partial charge in [-0.1, -0.05) is 20.3 Å². The highest BCUT2D eigenvalue weighted by atomic mass is 14.9. The van der Waals surface area contributed by atoms with Gasteiger partial charge in [0.1, 0.15) is 5.52 Å². The molecule has 3 saturated carbocycles. The molecule has 0 aliphatic heterocycles. The summed E-state index contributed by atoms with van der Waals surface area (Å²) in [5.41, 5.74) is 4.29. The van der Waals surface area contributed by atoms with Crippen LogP contribution in [0.1, 0.15) is 64.0 Å². The largest absolute Gasteiger partial charge is 0.345 e. The Labute approximate surface area is 120 Å². The van der Waals surface area contributed by atoms with Crippen LogP contribution >= 0.6 is 0 Å². The molecule has 0 amide bonds. The molecular formula is C17H23N3. The van der Waals surface area contributed by atoms with Gasteiger partial charge in [0.2, 0.25) is 0 Å². The molecule has 1 N–H and O–H groups in total. The standard InChI is InChI=1S/C17H23N3/c1-16-6-3-4-12(8-17(2,10-16)11-16)14-9-19-15-13(20-14)5-7-18-15/h5,7,9,12H,3-4,6,8,10-11H2,1-2H3,(H,18,19). The molecule has 0 aromatic carbocycles. The first-order chi connectivity index (χ1) is 9.55. The minimum Gasteiger partial charge on any atom is -0.345 e. The maximum Gasteiger partial charge on any atom is 0.156 e. The smallest absolute Gasteiger partial charge is 0.156 e. The number of fused-ring (bicyclic) bond motifs is 5. The molecule has 3 heteroatoms. The van der Waals surface area contributed by atoms with Crippen molar-refractivity contribution in [2.75, 3.05) is 0 Å². The summed E-state index contributed by atoms with van der Waals surface area (Å²) in [5, 5.41) is 0. The fourth-order valence-corrected chi connectivity index (χ4v) is 5.10. The van der Waals surface area contributed by atoms with E-state index in [4.69, 9.17) is 4.98 Å². The van der Waals surface area contributed by atoms with E-state index in [9.17, 15) is 0 Å². The maximum atomic E-state index is 4.84. The van der Waals surface area contributed by atoms with E-state index >= 15 is 0 Å². The molecule has 0 saturated heterocycles. The number of aromatic amines is 1. The number of nitrogens with zero attached hydrogens (tertiary/aromatic N) is 2. The highest BCUT2D eigenvalue weighted by molar-refractivity contribution is 5.69. The predicted molar refractivity (Wildman–Crippen MR) is 80.5 cm³/mol. The molecule has 0 radical (unpaired) electrons. The van der Waals surface area contributed by atoms with Gasteiger partial charge in [0.25, 0.3) is 0 Å². The summed E-state index contributed by atoms with van der Waals surface area (Å²) >= 11 is 0. The Morgan fingerprint density at radius 1 is 1.25 bits per heavy atom. The number of hydrogen-bond donors (Lipinski definition) is 1. The molecule has 2 aromatic heterocycles. The Morgan fingerprint density at radius 3 is 2.95 bits per heavy atom. The van der Waals surface area contributed by atoms with Crippen LogP contribution in [-0.4, -0.2) is 15.0 Å². The van der Waals surface area contributed by atoms with E-state index in [1.807, 2.05) is 18.5 Å². The second-order valence-electron chi connectivity index (χ2n) is 7.77. The fraction of sp³-hybridized carbons (Fsp3) is 0.647. The van der Waals surface area contributed by atoms with Crippen LogP contribution in [0.4, 0.5) is 0 Å². The van der Waals surface area contributed by atoms with Gasteiger partial charge in [-0.05, 0) is 49.0 Å². The molecule has 2 bridgehead atoms. The number of H-pyrrole nitrogens is 1. The van der Waals surface area contributed by atoms with Crippen molar-refractivity contribution >= 4 is 11.2 Å². The number of rotatable bonds is 1. The van der Waals surface area contributed by atoms with Gasteiger partial charge in [-0.3, -0.25) is 0 Å². The quantitative estimate of drug-likeness (QED) is 0.832. The fourth-order valence-electron chi connectivity index (χ4n) is 5.10. The Bertz CT molecular complexity index is 636. The highest BCUT2D eigenvalue weighted by Gasteiger charge is 2.50. The summed E-state index contributed by atoms with van der Waals surface area (Å²) in [6.45, 7) is 4.94. The molecule has 2 aromatic rings. The van der Waals surface area contributed by atoms with E-state index < -0.39 is 0 Å². The van der Waals surface area contributed by atoms with Crippen LogP contribution in [0.15, 0.2) is 18.5 Å². The maximum absolute atomic E-state index is 4.84. The van der Waals surface area contributed by atoms with Crippen molar-refractivity contribution in [2.45, 2.75) is 58.3 Å². The zero-order valence-corrected chi connectivity index (χ0v) is 12.4. The third kappa shape index (κ3) is 1.95. The molecular weight excluding hydrogens is 246 g/mol. The lowest BCUT2D eigenvalue weighted by molar-refractivity contribution is -0.0439. The normalized spacial score (nSPS) is 37.2. The molecule has 3 nitrogen and oxygen atoms in total. The van der Waals surface area contributed by atoms with Gasteiger partial charge in [-0.25, -0.2) is 9.97 Å². The number of hydrogen-bond acceptors (Lipinski definition) is 2. The predicted octanol–water partition coefficient (Wildman–Crippen LogP) is 4.42. The van der Waals surface area contributed by atoms with Gasteiger partial charge in [0.15, 0.2) is 5.65 Å². The van der Waals surface area contributed by atoms with E-state index in [1.54, 1.807) is 0 Å². The molecule has 1 unspecified atom stereocenters. The second-order valence-corrected chi connectivity index (χ2v) is 7.77. The average molecular weight is 269 g/mol. The Hall–Kier alpha value is -1.38. The van der Waals surface area contributed by atoms with E-state index in [0.717, 1.165) is 11.2 Å². The number of aromatic nitrogens is 3. The van der Waals surface area contributed by atoms with Crippen molar-refractivity contribution in [1.29, 1.82) is 0 Å². The first-order valence-electron chi connectivity index (χ1n) is 7.85. The summed E-state index contributed by atoms with van der Waals surface area (Å²) in [7, 11) is 0. The zero-order chi connectivity index (χ0) is 13.8. The molecule has 5 rings (SSSR count). The van der Waals surface area contributed by atoms with E-state index in [0.29, 0.717) is 16.7 Å². The third-order valence-corrected chi connectivity index (χ3v) is 5.48. The van der Waals surface area contributed by atoms with Gasteiger partial charge >= 0.3 is 0 Å². The van der Waals surface area contributed by atoms with Gasteiger partial charge in [0.05, 0.1) is 11.9 Å². The lowest BCUT2D eigenvalue weighted by Crippen LogP contribution is -2.45. The topological polar surface area (TPSA) is 41.6 Å². The van der Waals surface area contributed by atoms with Crippen molar-refractivity contribution < 1.29 is 0 Å². The summed E-state index contributed by atoms with van der Waals surface area (Å²) < 4.78 is 0. The van der Waals surface area contributed by atoms with Crippen molar-refractivity contribution in [3.8, 4) is 0 Å². The van der Waals surface area contributed by atoms with Gasteiger partial charge in [0, 0.05) is 12.1 Å². The third-order valence-electron chi connectivity index (χ3n) is 5.48. The number of nitrogens with one attached hydrogen (secondary N) is 1. The summed E-state index contributed by atoms with van der Waals surface area (Å²) in [6.07, 6.45) is 12.0. The minimum atomic E-state index is 0.536. The molecule has 3 fully saturated rings. The van der Waals surface area contributed by atoms with Crippen LogP contribution in [-0.2, 0) is 0 Å². The van der Waals surface area contributed by atoms with Crippen molar-refractivity contribution in [2.24, 2.45) is 10.8 Å². The summed E-state index contributed by atoms with van der Waals surface area (Å²) in [5.74, 6) is 0.594. The lowest BCUT2D eigenvalue weighted by Gasteiger charge is -2.56. The first kappa shape index (κ1) is 12.4. The lowest BCUT2D eigenvalue weighted by atomic mass is 9.49. The van der Waals surface area contributed by atoms with E-state index in [2.05, 4.69) is 23.8 Å². The molecule has 106 valence electrons. The first-order valence-corrected chi connectivity index (χ1v) is 7.85. The monoisotopic (exact) mass is 269 g/mol. The van der Waals surface area contributed by atoms with Crippen LogP contribution < -0.4 is 0 Å².